The molecule has 1 atom stereocenters. The van der Waals surface area contributed by atoms with Crippen LogP contribution in [0.3, 0.4) is 0 Å². The number of halogens is 3. The number of hydrogen-bond acceptors (Lipinski definition) is 6. The van der Waals surface area contributed by atoms with Crippen molar-refractivity contribution in [2.45, 2.75) is 57.8 Å². The van der Waals surface area contributed by atoms with Crippen LogP contribution in [0.5, 0.6) is 0 Å². The molecule has 0 radical (unpaired) electrons. The summed E-state index contributed by atoms with van der Waals surface area (Å²) in [6.07, 6.45) is -0.0631. The smallest absolute Gasteiger partial charge is 0.416 e. The first kappa shape index (κ1) is 27.6. The van der Waals surface area contributed by atoms with Gasteiger partial charge in [-0.05, 0) is 62.3 Å². The number of imidazole rings is 1. The van der Waals surface area contributed by atoms with E-state index in [9.17, 15) is 28.2 Å². The molecule has 210 valence electrons. The Morgan fingerprint density at radius 2 is 1.88 bits per heavy atom. The molecule has 8 nitrogen and oxygen atoms in total. The maximum Gasteiger partial charge on any atom is 0.416 e. The molecule has 0 bridgehead atoms. The number of aromatic carboxylic acids is 1. The summed E-state index contributed by atoms with van der Waals surface area (Å²) in [6, 6.07) is 12.5. The van der Waals surface area contributed by atoms with Crippen LogP contribution in [-0.2, 0) is 12.7 Å². The van der Waals surface area contributed by atoms with Crippen molar-refractivity contribution in [3.05, 3.63) is 71.0 Å². The van der Waals surface area contributed by atoms with Gasteiger partial charge < -0.3 is 20.1 Å². The molecular weight excluding hydrogens is 523 g/mol. The lowest BCUT2D eigenvalue weighted by atomic mass is 9.78. The van der Waals surface area contributed by atoms with Crippen molar-refractivity contribution in [1.29, 1.82) is 0 Å². The summed E-state index contributed by atoms with van der Waals surface area (Å²) in [5.74, 6) is -0.550. The summed E-state index contributed by atoms with van der Waals surface area (Å²) >= 11 is 0. The van der Waals surface area contributed by atoms with Crippen LogP contribution in [0.1, 0.15) is 59.4 Å². The van der Waals surface area contributed by atoms with Gasteiger partial charge in [0.15, 0.2) is 11.5 Å². The minimum absolute atomic E-state index is 0.0355. The molecule has 1 fully saturated rings. The third-order valence-electron chi connectivity index (χ3n) is 7.41. The Labute approximate surface area is 228 Å². The molecule has 2 heterocycles. The molecule has 1 aliphatic rings. The fourth-order valence-electron chi connectivity index (χ4n) is 5.13. The molecule has 2 aromatic carbocycles. The zero-order valence-electron chi connectivity index (χ0n) is 21.9. The number of rotatable bonds is 10. The molecule has 0 aliphatic heterocycles. The van der Waals surface area contributed by atoms with Crippen molar-refractivity contribution in [1.82, 2.24) is 19.5 Å². The number of hydrogen-bond donors (Lipinski definition) is 3. The number of aliphatic hydroxyl groups is 1. The van der Waals surface area contributed by atoms with Gasteiger partial charge in [0.05, 0.1) is 5.56 Å². The van der Waals surface area contributed by atoms with Gasteiger partial charge in [-0.25, -0.2) is 19.7 Å². The molecule has 0 saturated heterocycles. The second-order valence-corrected chi connectivity index (χ2v) is 10.3. The summed E-state index contributed by atoms with van der Waals surface area (Å²) < 4.78 is 41.4. The predicted octanol–water partition coefficient (Wildman–Crippen LogP) is 5.92. The summed E-state index contributed by atoms with van der Waals surface area (Å²) in [5.41, 5.74) is 2.24. The summed E-state index contributed by atoms with van der Waals surface area (Å²) in [5, 5.41) is 22.7. The van der Waals surface area contributed by atoms with Crippen molar-refractivity contribution < 1.29 is 28.2 Å². The lowest BCUT2D eigenvalue weighted by molar-refractivity contribution is -0.137. The zero-order valence-corrected chi connectivity index (χ0v) is 21.9. The summed E-state index contributed by atoms with van der Waals surface area (Å²) in [6.45, 7) is 2.13. The van der Waals surface area contributed by atoms with E-state index in [0.29, 0.717) is 41.5 Å². The van der Waals surface area contributed by atoms with Crippen LogP contribution in [0.2, 0.25) is 0 Å². The Bertz CT molecular complexity index is 1510. The lowest BCUT2D eigenvalue weighted by Crippen LogP contribution is -2.34. The van der Waals surface area contributed by atoms with Crippen LogP contribution in [0.15, 0.2) is 48.5 Å². The lowest BCUT2D eigenvalue weighted by Gasteiger charge is -2.35. The Kier molecular flexibility index (Phi) is 7.75. The van der Waals surface area contributed by atoms with Gasteiger partial charge in [-0.1, -0.05) is 42.3 Å². The molecule has 40 heavy (non-hydrogen) atoms. The fourth-order valence-corrected chi connectivity index (χ4v) is 5.13. The first-order valence-corrected chi connectivity index (χ1v) is 13.3. The number of anilines is 1. The highest BCUT2D eigenvalue weighted by Gasteiger charge is 2.31. The number of aliphatic hydroxyl groups excluding tert-OH is 1. The highest BCUT2D eigenvalue weighted by Crippen LogP contribution is 2.36. The van der Waals surface area contributed by atoms with Gasteiger partial charge in [-0.3, -0.25) is 0 Å². The second-order valence-electron chi connectivity index (χ2n) is 10.3. The molecule has 1 unspecified atom stereocenters. The average molecular weight is 554 g/mol. The maximum absolute atomic E-state index is 13.2. The van der Waals surface area contributed by atoms with Crippen molar-refractivity contribution in [2.75, 3.05) is 11.9 Å². The Morgan fingerprint density at radius 1 is 1.12 bits per heavy atom. The number of alkyl halides is 3. The van der Waals surface area contributed by atoms with E-state index in [1.165, 1.54) is 12.1 Å². The summed E-state index contributed by atoms with van der Waals surface area (Å²) in [4.78, 5) is 25.3. The number of aromatic nitrogens is 4. The van der Waals surface area contributed by atoms with Crippen molar-refractivity contribution in [3.8, 4) is 11.4 Å². The first-order valence-electron chi connectivity index (χ1n) is 13.3. The van der Waals surface area contributed by atoms with Crippen molar-refractivity contribution >= 4 is 23.0 Å². The van der Waals surface area contributed by atoms with Crippen LogP contribution in [-0.4, -0.2) is 48.4 Å². The molecule has 4 aromatic rings. The van der Waals surface area contributed by atoms with Gasteiger partial charge in [-0.2, -0.15) is 13.2 Å². The van der Waals surface area contributed by atoms with Gasteiger partial charge >= 0.3 is 12.1 Å². The SMILES string of the molecule is Cc1cccc(-c2nc3nc(C(=O)O)nc(NC(CCCO)C4CCC4)c3n2Cc2ccc(C(F)(F)F)cc2)c1. The molecule has 0 amide bonds. The zero-order chi connectivity index (χ0) is 28.4. The standard InChI is InChI=1S/C29H30F3N5O3/c1-17-5-2-8-20(15-17)27-36-25-23(37(27)16-18-10-12-21(13-11-18)29(30,31)32)24(34-26(35-25)28(39)40)33-22(9-4-14-38)19-6-3-7-19/h2,5,8,10-13,15,19,22,38H,3-4,6-7,9,14,16H2,1H3,(H,39,40)(H,33,34,35). The van der Waals surface area contributed by atoms with E-state index >= 15 is 0 Å². The highest BCUT2D eigenvalue weighted by molar-refractivity contribution is 5.92. The van der Waals surface area contributed by atoms with Crippen molar-refractivity contribution in [2.24, 2.45) is 5.92 Å². The van der Waals surface area contributed by atoms with Crippen LogP contribution in [0.25, 0.3) is 22.6 Å². The quantitative estimate of drug-likeness (QED) is 0.223. The van der Waals surface area contributed by atoms with Crippen LogP contribution >= 0.6 is 0 Å². The number of nitrogens with one attached hydrogen (secondary N) is 1. The maximum atomic E-state index is 13.2. The molecule has 1 saturated carbocycles. The van der Waals surface area contributed by atoms with E-state index in [1.54, 1.807) is 0 Å². The Hall–Kier alpha value is -3.99. The fraction of sp³-hybridized carbons (Fsp3) is 0.379. The van der Waals surface area contributed by atoms with Gasteiger partial charge in [-0.15, -0.1) is 0 Å². The van der Waals surface area contributed by atoms with Gasteiger partial charge in [0.2, 0.25) is 5.82 Å². The molecule has 1 aliphatic carbocycles. The minimum Gasteiger partial charge on any atom is -0.475 e. The molecule has 2 aromatic heterocycles. The van der Waals surface area contributed by atoms with E-state index in [4.69, 9.17) is 4.98 Å². The Morgan fingerprint density at radius 3 is 2.48 bits per heavy atom. The van der Waals surface area contributed by atoms with Crippen molar-refractivity contribution in [3.63, 3.8) is 0 Å². The normalized spacial score (nSPS) is 14.7. The van der Waals surface area contributed by atoms with E-state index in [-0.39, 0.29) is 24.8 Å². The number of carboxylic acid groups (broad SMARTS) is 1. The number of nitrogens with zero attached hydrogens (tertiary/aromatic N) is 4. The number of benzene rings is 2. The largest absolute Gasteiger partial charge is 0.475 e. The van der Waals surface area contributed by atoms with Crippen LogP contribution < -0.4 is 5.32 Å². The predicted molar refractivity (Wildman–Crippen MR) is 144 cm³/mol. The molecule has 3 N–H and O–H groups in total. The van der Waals surface area contributed by atoms with E-state index < -0.39 is 23.5 Å². The van der Waals surface area contributed by atoms with Crippen LogP contribution in [0, 0.1) is 12.8 Å². The second kappa shape index (κ2) is 11.2. The minimum atomic E-state index is -4.45. The monoisotopic (exact) mass is 553 g/mol. The molecular formula is C29H30F3N5O3. The third kappa shape index (κ3) is 5.79. The number of fused-ring (bicyclic) bond motifs is 1. The summed E-state index contributed by atoms with van der Waals surface area (Å²) in [7, 11) is 0. The molecule has 0 spiro atoms. The number of aryl methyl sites for hydroxylation is 1. The highest BCUT2D eigenvalue weighted by atomic mass is 19.4. The third-order valence-corrected chi connectivity index (χ3v) is 7.41. The first-order chi connectivity index (χ1) is 19.1. The number of carboxylic acids is 1. The van der Waals surface area contributed by atoms with E-state index in [0.717, 1.165) is 42.5 Å². The van der Waals surface area contributed by atoms with Gasteiger partial charge in [0.1, 0.15) is 11.3 Å². The molecule has 11 heteroatoms. The van der Waals surface area contributed by atoms with Gasteiger partial charge in [0, 0.05) is 24.8 Å². The van der Waals surface area contributed by atoms with Crippen LogP contribution in [0.4, 0.5) is 19.0 Å². The van der Waals surface area contributed by atoms with E-state index in [1.807, 2.05) is 35.8 Å². The average Bonchev–Trinajstić information content (AvgIpc) is 3.24. The van der Waals surface area contributed by atoms with E-state index in [2.05, 4.69) is 15.3 Å². The topological polar surface area (TPSA) is 113 Å². The van der Waals surface area contributed by atoms with Gasteiger partial charge in [0.25, 0.3) is 0 Å². The Balaban J connectivity index is 1.67. The molecule has 5 rings (SSSR count). The number of carbonyl (C=O) groups is 1.